The minimum absolute atomic E-state index is 0.0787. The summed E-state index contributed by atoms with van der Waals surface area (Å²) in [5.74, 6) is 2.21. The van der Waals surface area contributed by atoms with Crippen LogP contribution in [0.3, 0.4) is 0 Å². The van der Waals surface area contributed by atoms with E-state index >= 15 is 0 Å². The Hall–Kier alpha value is -1.25. The van der Waals surface area contributed by atoms with Crippen molar-refractivity contribution >= 4 is 17.3 Å². The topological polar surface area (TPSA) is 51.2 Å². The van der Waals surface area contributed by atoms with Crippen LogP contribution in [0, 0.1) is 34.5 Å². The first-order chi connectivity index (χ1) is 11.3. The van der Waals surface area contributed by atoms with Crippen LogP contribution in [0.25, 0.3) is 0 Å². The summed E-state index contributed by atoms with van der Waals surface area (Å²) in [5, 5.41) is 0. The maximum absolute atomic E-state index is 12.9. The highest BCUT2D eigenvalue weighted by Gasteiger charge is 2.61. The fraction of sp³-hybridized carbons (Fsp3) is 0.762. The summed E-state index contributed by atoms with van der Waals surface area (Å²) in [6.45, 7) is 6.26. The Bertz CT molecular complexity index is 660. The normalized spacial score (nSPS) is 47.5. The molecule has 0 bridgehead atoms. The third kappa shape index (κ3) is 1.99. The second-order valence-electron chi connectivity index (χ2n) is 9.23. The number of carbonyl (C=O) groups excluding carboxylic acids is 3. The molecule has 3 saturated carbocycles. The fourth-order valence-corrected chi connectivity index (χ4v) is 7.05. The van der Waals surface area contributed by atoms with E-state index in [0.29, 0.717) is 36.4 Å². The molecule has 0 amide bonds. The van der Waals surface area contributed by atoms with E-state index in [-0.39, 0.29) is 28.3 Å². The SMILES string of the molecule is CC(=O)[C@@H]1CC[C@@H]2[C@H]3CC(=O)C4=CC(=O)CC[C@@]4(C)[C@@H]3CC[C@]21C. The predicted molar refractivity (Wildman–Crippen MR) is 91.3 cm³/mol. The summed E-state index contributed by atoms with van der Waals surface area (Å²) >= 11 is 0. The van der Waals surface area contributed by atoms with Gasteiger partial charge in [0.1, 0.15) is 5.78 Å². The summed E-state index contributed by atoms with van der Waals surface area (Å²) in [5.41, 5.74) is 0.767. The van der Waals surface area contributed by atoms with Gasteiger partial charge in [0, 0.05) is 24.3 Å². The van der Waals surface area contributed by atoms with Gasteiger partial charge in [0.05, 0.1) is 0 Å². The van der Waals surface area contributed by atoms with Crippen LogP contribution in [0.4, 0.5) is 0 Å². The van der Waals surface area contributed by atoms with Crippen molar-refractivity contribution in [1.82, 2.24) is 0 Å². The maximum atomic E-state index is 12.9. The molecule has 3 fully saturated rings. The van der Waals surface area contributed by atoms with Crippen molar-refractivity contribution in [2.45, 2.75) is 65.7 Å². The smallest absolute Gasteiger partial charge is 0.159 e. The van der Waals surface area contributed by atoms with Crippen LogP contribution in [0.1, 0.15) is 65.7 Å². The van der Waals surface area contributed by atoms with E-state index in [4.69, 9.17) is 0 Å². The zero-order chi connectivity index (χ0) is 17.3. The van der Waals surface area contributed by atoms with Gasteiger partial charge in [-0.25, -0.2) is 0 Å². The van der Waals surface area contributed by atoms with Crippen LogP contribution < -0.4 is 0 Å². The molecule has 4 rings (SSSR count). The van der Waals surface area contributed by atoms with E-state index in [1.54, 1.807) is 13.0 Å². The number of hydrogen-bond acceptors (Lipinski definition) is 3. The number of rotatable bonds is 1. The zero-order valence-corrected chi connectivity index (χ0v) is 15.1. The Labute approximate surface area is 144 Å². The highest BCUT2D eigenvalue weighted by Crippen LogP contribution is 2.66. The van der Waals surface area contributed by atoms with Crippen molar-refractivity contribution in [2.75, 3.05) is 0 Å². The molecular formula is C21H28O3. The van der Waals surface area contributed by atoms with Gasteiger partial charge in [-0.05, 0) is 73.7 Å². The van der Waals surface area contributed by atoms with Crippen molar-refractivity contribution < 1.29 is 14.4 Å². The molecule has 0 aromatic heterocycles. The molecule has 130 valence electrons. The van der Waals surface area contributed by atoms with E-state index in [1.807, 2.05) is 0 Å². The molecule has 0 unspecified atom stereocenters. The van der Waals surface area contributed by atoms with E-state index in [9.17, 15) is 14.4 Å². The lowest BCUT2D eigenvalue weighted by molar-refractivity contribution is -0.134. The molecule has 4 aliphatic rings. The second kappa shape index (κ2) is 5.12. The number of fused-ring (bicyclic) bond motifs is 5. The number of carbonyl (C=O) groups is 3. The van der Waals surface area contributed by atoms with Crippen LogP contribution in [0.2, 0.25) is 0 Å². The minimum atomic E-state index is -0.121. The third-order valence-corrected chi connectivity index (χ3v) is 8.28. The Morgan fingerprint density at radius 2 is 1.83 bits per heavy atom. The van der Waals surface area contributed by atoms with Gasteiger partial charge >= 0.3 is 0 Å². The summed E-state index contributed by atoms with van der Waals surface area (Å²) in [6, 6.07) is 0. The van der Waals surface area contributed by atoms with Gasteiger partial charge in [-0.15, -0.1) is 0 Å². The summed E-state index contributed by atoms with van der Waals surface area (Å²) in [4.78, 5) is 36.9. The van der Waals surface area contributed by atoms with Gasteiger partial charge < -0.3 is 0 Å². The standard InChI is InChI=1S/C21H28O3/c1-12(22)15-4-5-16-14-11-19(24)18-10-13(23)6-8-21(18,3)17(14)7-9-20(15,16)2/h10,14-17H,4-9,11H2,1-3H3/t14-,15+,16-,17-,20+,21+/m1/s1. The van der Waals surface area contributed by atoms with E-state index < -0.39 is 0 Å². The average Bonchev–Trinajstić information content (AvgIpc) is 2.87. The first-order valence-corrected chi connectivity index (χ1v) is 9.56. The largest absolute Gasteiger partial charge is 0.300 e. The van der Waals surface area contributed by atoms with Crippen molar-refractivity contribution in [3.8, 4) is 0 Å². The molecule has 24 heavy (non-hydrogen) atoms. The lowest BCUT2D eigenvalue weighted by Crippen LogP contribution is -2.53. The molecule has 0 aromatic rings. The third-order valence-electron chi connectivity index (χ3n) is 8.28. The Balaban J connectivity index is 1.72. The Morgan fingerprint density at radius 3 is 2.54 bits per heavy atom. The lowest BCUT2D eigenvalue weighted by Gasteiger charge is -2.57. The Kier molecular flexibility index (Phi) is 3.47. The van der Waals surface area contributed by atoms with Crippen LogP contribution in [0.5, 0.6) is 0 Å². The minimum Gasteiger partial charge on any atom is -0.300 e. The molecule has 6 atom stereocenters. The van der Waals surface area contributed by atoms with Gasteiger partial charge in [0.2, 0.25) is 0 Å². The van der Waals surface area contributed by atoms with Crippen molar-refractivity contribution in [2.24, 2.45) is 34.5 Å². The zero-order valence-electron chi connectivity index (χ0n) is 15.1. The number of allylic oxidation sites excluding steroid dienone is 1. The molecule has 0 N–H and O–H groups in total. The quantitative estimate of drug-likeness (QED) is 0.733. The average molecular weight is 328 g/mol. The van der Waals surface area contributed by atoms with Gasteiger partial charge in [0.15, 0.2) is 11.6 Å². The second-order valence-corrected chi connectivity index (χ2v) is 9.23. The van der Waals surface area contributed by atoms with Gasteiger partial charge in [0.25, 0.3) is 0 Å². The number of ketones is 3. The lowest BCUT2D eigenvalue weighted by atomic mass is 9.46. The summed E-state index contributed by atoms with van der Waals surface area (Å²) in [7, 11) is 0. The van der Waals surface area contributed by atoms with Crippen LogP contribution in [0.15, 0.2) is 11.6 Å². The highest BCUT2D eigenvalue weighted by molar-refractivity contribution is 6.05. The molecule has 4 aliphatic carbocycles. The summed E-state index contributed by atoms with van der Waals surface area (Å²) in [6.07, 6.45) is 7.91. The maximum Gasteiger partial charge on any atom is 0.159 e. The Morgan fingerprint density at radius 1 is 1.08 bits per heavy atom. The number of Topliss-reactive ketones (excluding diaryl/α,β-unsaturated/α-hetero) is 2. The van der Waals surface area contributed by atoms with Gasteiger partial charge in [-0.2, -0.15) is 0 Å². The molecule has 0 aliphatic heterocycles. The van der Waals surface area contributed by atoms with Crippen LogP contribution in [-0.4, -0.2) is 17.3 Å². The molecule has 0 saturated heterocycles. The predicted octanol–water partition coefficient (Wildman–Crippen LogP) is 3.90. The first-order valence-electron chi connectivity index (χ1n) is 9.56. The van der Waals surface area contributed by atoms with Crippen molar-refractivity contribution in [3.05, 3.63) is 11.6 Å². The van der Waals surface area contributed by atoms with Crippen molar-refractivity contribution in [1.29, 1.82) is 0 Å². The van der Waals surface area contributed by atoms with E-state index in [0.717, 1.165) is 37.7 Å². The van der Waals surface area contributed by atoms with E-state index in [1.165, 1.54) is 0 Å². The summed E-state index contributed by atoms with van der Waals surface area (Å²) < 4.78 is 0. The number of hydrogen-bond donors (Lipinski definition) is 0. The molecule has 3 nitrogen and oxygen atoms in total. The molecule has 3 heteroatoms. The monoisotopic (exact) mass is 328 g/mol. The molecule has 0 heterocycles. The molecule has 0 radical (unpaired) electrons. The highest BCUT2D eigenvalue weighted by atomic mass is 16.1. The molecule has 0 spiro atoms. The molecule has 0 aromatic carbocycles. The van der Waals surface area contributed by atoms with Crippen LogP contribution >= 0.6 is 0 Å². The van der Waals surface area contributed by atoms with Crippen LogP contribution in [-0.2, 0) is 14.4 Å². The molecular weight excluding hydrogens is 300 g/mol. The van der Waals surface area contributed by atoms with Gasteiger partial charge in [-0.3, -0.25) is 14.4 Å². The van der Waals surface area contributed by atoms with Crippen molar-refractivity contribution in [3.63, 3.8) is 0 Å². The van der Waals surface area contributed by atoms with Gasteiger partial charge in [-0.1, -0.05) is 13.8 Å². The first kappa shape index (κ1) is 16.2. The fourth-order valence-electron chi connectivity index (χ4n) is 7.05. The van der Waals surface area contributed by atoms with E-state index in [2.05, 4.69) is 13.8 Å².